The number of fused-ring (bicyclic) bond motifs is 2. The van der Waals surface area contributed by atoms with Gasteiger partial charge in [-0.05, 0) is 38.8 Å². The van der Waals surface area contributed by atoms with Crippen LogP contribution in [0.15, 0.2) is 12.1 Å². The highest BCUT2D eigenvalue weighted by Gasteiger charge is 2.35. The Bertz CT molecular complexity index is 827. The Balaban J connectivity index is 1.44. The summed E-state index contributed by atoms with van der Waals surface area (Å²) in [6.07, 6.45) is 4.23. The molecule has 2 saturated heterocycles. The van der Waals surface area contributed by atoms with E-state index in [9.17, 15) is 13.6 Å². The summed E-state index contributed by atoms with van der Waals surface area (Å²) in [5, 5.41) is 6.46. The van der Waals surface area contributed by atoms with Crippen molar-refractivity contribution in [3.05, 3.63) is 23.8 Å². The average Bonchev–Trinajstić information content (AvgIpc) is 3.03. The van der Waals surface area contributed by atoms with Gasteiger partial charge in [0.05, 0.1) is 10.6 Å². The summed E-state index contributed by atoms with van der Waals surface area (Å²) in [6, 6.07) is 3.10. The zero-order valence-electron chi connectivity index (χ0n) is 14.6. The summed E-state index contributed by atoms with van der Waals surface area (Å²) in [4.78, 5) is 19.2. The van der Waals surface area contributed by atoms with Crippen molar-refractivity contribution in [1.82, 2.24) is 15.2 Å². The molecule has 2 N–H and O–H groups in total. The number of aromatic nitrogens is 1. The van der Waals surface area contributed by atoms with E-state index < -0.39 is 11.6 Å². The molecule has 0 radical (unpaired) electrons. The maximum atomic E-state index is 13.8. The molecule has 2 aromatic rings. The number of thiazole rings is 1. The number of carbonyl (C=O) groups excluding carboxylic acids is 1. The molecule has 1 aromatic carbocycles. The summed E-state index contributed by atoms with van der Waals surface area (Å²) in [6.45, 7) is 1.71. The molecule has 8 heteroatoms. The summed E-state index contributed by atoms with van der Waals surface area (Å²) in [7, 11) is 1.98. The molecule has 140 valence electrons. The number of halogens is 2. The monoisotopic (exact) mass is 380 g/mol. The molecule has 0 bridgehead atoms. The van der Waals surface area contributed by atoms with Crippen molar-refractivity contribution in [2.24, 2.45) is 5.92 Å². The Labute approximate surface area is 154 Å². The van der Waals surface area contributed by atoms with Crippen LogP contribution in [-0.2, 0) is 4.79 Å². The van der Waals surface area contributed by atoms with Crippen LogP contribution in [0.4, 0.5) is 13.9 Å². The minimum Gasteiger partial charge on any atom is -0.316 e. The Kier molecular flexibility index (Phi) is 4.90. The van der Waals surface area contributed by atoms with E-state index >= 15 is 0 Å². The number of hydrogen-bond acceptors (Lipinski definition) is 5. The van der Waals surface area contributed by atoms with Crippen LogP contribution in [0.5, 0.6) is 0 Å². The quantitative estimate of drug-likeness (QED) is 0.860. The van der Waals surface area contributed by atoms with Crippen LogP contribution in [0.25, 0.3) is 10.2 Å². The number of benzene rings is 1. The second-order valence-corrected chi connectivity index (χ2v) is 8.22. The van der Waals surface area contributed by atoms with Crippen molar-refractivity contribution in [3.8, 4) is 0 Å². The molecule has 1 aromatic heterocycles. The molecule has 5 nitrogen and oxygen atoms in total. The lowest BCUT2D eigenvalue weighted by Gasteiger charge is -2.44. The number of nitrogens with zero attached hydrogens (tertiary/aromatic N) is 2. The molecule has 3 atom stereocenters. The minimum absolute atomic E-state index is 0.0880. The van der Waals surface area contributed by atoms with Crippen LogP contribution in [0.3, 0.4) is 0 Å². The van der Waals surface area contributed by atoms with Crippen molar-refractivity contribution in [1.29, 1.82) is 0 Å². The predicted octanol–water partition coefficient (Wildman–Crippen LogP) is 2.98. The van der Waals surface area contributed by atoms with Gasteiger partial charge in [-0.2, -0.15) is 0 Å². The summed E-state index contributed by atoms with van der Waals surface area (Å²) in [5.74, 6) is -1.53. The number of rotatable bonds is 3. The summed E-state index contributed by atoms with van der Waals surface area (Å²) < 4.78 is 27.5. The second kappa shape index (κ2) is 7.17. The van der Waals surface area contributed by atoms with Gasteiger partial charge >= 0.3 is 0 Å². The molecule has 2 aliphatic rings. The van der Waals surface area contributed by atoms with Crippen molar-refractivity contribution in [3.63, 3.8) is 0 Å². The molecule has 0 saturated carbocycles. The number of carbonyl (C=O) groups is 1. The normalized spacial score (nSPS) is 26.7. The fraction of sp³-hybridized carbons (Fsp3) is 0.556. The standard InChI is InChI=1S/C18H22F2N4OS/c1-21-12-3-5-13-4-2-10(8-24(13)9-12)17(25)23-18-22-16-14(20)6-11(19)7-15(16)26-18/h6-7,10,12-13,21H,2-5,8-9H2,1H3,(H,22,23,25). The van der Waals surface area contributed by atoms with Gasteiger partial charge in [0.15, 0.2) is 10.9 Å². The average molecular weight is 380 g/mol. The highest BCUT2D eigenvalue weighted by Crippen LogP contribution is 2.32. The van der Waals surface area contributed by atoms with Gasteiger partial charge in [-0.3, -0.25) is 9.69 Å². The fourth-order valence-corrected chi connectivity index (χ4v) is 4.99. The molecular weight excluding hydrogens is 358 g/mol. The van der Waals surface area contributed by atoms with Crippen LogP contribution in [0.2, 0.25) is 0 Å². The van der Waals surface area contributed by atoms with Crippen LogP contribution in [0.1, 0.15) is 25.7 Å². The molecule has 0 spiro atoms. The first-order valence-corrected chi connectivity index (χ1v) is 9.83. The van der Waals surface area contributed by atoms with Gasteiger partial charge in [0.2, 0.25) is 5.91 Å². The largest absolute Gasteiger partial charge is 0.316 e. The van der Waals surface area contributed by atoms with Gasteiger partial charge in [0, 0.05) is 31.2 Å². The lowest BCUT2D eigenvalue weighted by atomic mass is 9.86. The van der Waals surface area contributed by atoms with Crippen LogP contribution >= 0.6 is 11.3 Å². The van der Waals surface area contributed by atoms with Gasteiger partial charge < -0.3 is 10.6 Å². The van der Waals surface area contributed by atoms with E-state index in [0.717, 1.165) is 43.3 Å². The predicted molar refractivity (Wildman–Crippen MR) is 98.3 cm³/mol. The van der Waals surface area contributed by atoms with E-state index in [1.807, 2.05) is 7.05 Å². The maximum Gasteiger partial charge on any atom is 0.230 e. The molecule has 2 fully saturated rings. The smallest absolute Gasteiger partial charge is 0.230 e. The van der Waals surface area contributed by atoms with Crippen LogP contribution in [-0.4, -0.2) is 48.0 Å². The SMILES string of the molecule is CNC1CCC2CCC(C(=O)Nc3nc4c(F)cc(F)cc4s3)CN2C1. The maximum absolute atomic E-state index is 13.8. The van der Waals surface area contributed by atoms with Gasteiger partial charge in [-0.25, -0.2) is 13.8 Å². The lowest BCUT2D eigenvalue weighted by molar-refractivity contribution is -0.122. The highest BCUT2D eigenvalue weighted by atomic mass is 32.1. The van der Waals surface area contributed by atoms with E-state index in [1.54, 1.807) is 0 Å². The molecule has 3 unspecified atom stereocenters. The first-order valence-electron chi connectivity index (χ1n) is 9.01. The molecule has 4 rings (SSSR count). The Hall–Kier alpha value is -1.64. The Morgan fingerprint density at radius 1 is 1.23 bits per heavy atom. The van der Waals surface area contributed by atoms with E-state index in [4.69, 9.17) is 0 Å². The van der Waals surface area contributed by atoms with Gasteiger partial charge in [0.1, 0.15) is 11.3 Å². The third-order valence-corrected chi connectivity index (χ3v) is 6.46. The third kappa shape index (κ3) is 3.45. The number of likely N-dealkylation sites (N-methyl/N-ethyl adjacent to an activating group) is 1. The van der Waals surface area contributed by atoms with Crippen LogP contribution < -0.4 is 10.6 Å². The van der Waals surface area contributed by atoms with Crippen molar-refractivity contribution >= 4 is 32.6 Å². The zero-order chi connectivity index (χ0) is 18.3. The first-order chi connectivity index (χ1) is 12.5. The third-order valence-electron chi connectivity index (χ3n) is 5.55. The van der Waals surface area contributed by atoms with Crippen molar-refractivity contribution in [2.45, 2.75) is 37.8 Å². The lowest BCUT2D eigenvalue weighted by Crippen LogP contribution is -2.54. The molecule has 0 aliphatic carbocycles. The fourth-order valence-electron chi connectivity index (χ4n) is 4.09. The van der Waals surface area contributed by atoms with Gasteiger partial charge in [-0.1, -0.05) is 11.3 Å². The number of anilines is 1. The Morgan fingerprint density at radius 2 is 2.04 bits per heavy atom. The molecule has 1 amide bonds. The number of piperidine rings is 2. The molecular formula is C18H22F2N4OS. The van der Waals surface area contributed by atoms with E-state index in [0.29, 0.717) is 21.9 Å². The van der Waals surface area contributed by atoms with E-state index in [-0.39, 0.29) is 17.3 Å². The number of hydrogen-bond donors (Lipinski definition) is 2. The topological polar surface area (TPSA) is 57.3 Å². The van der Waals surface area contributed by atoms with Crippen molar-refractivity contribution < 1.29 is 13.6 Å². The van der Waals surface area contributed by atoms with Gasteiger partial charge in [0.25, 0.3) is 0 Å². The van der Waals surface area contributed by atoms with Crippen LogP contribution in [0, 0.1) is 17.6 Å². The van der Waals surface area contributed by atoms with E-state index in [1.165, 1.54) is 18.9 Å². The summed E-state index contributed by atoms with van der Waals surface area (Å²) >= 11 is 1.10. The van der Waals surface area contributed by atoms with E-state index in [2.05, 4.69) is 20.5 Å². The number of amides is 1. The molecule has 3 heterocycles. The summed E-state index contributed by atoms with van der Waals surface area (Å²) in [5.41, 5.74) is 0.100. The highest BCUT2D eigenvalue weighted by molar-refractivity contribution is 7.22. The second-order valence-electron chi connectivity index (χ2n) is 7.19. The minimum atomic E-state index is -0.705. The Morgan fingerprint density at radius 3 is 2.85 bits per heavy atom. The first kappa shape index (κ1) is 17.8. The zero-order valence-corrected chi connectivity index (χ0v) is 15.4. The van der Waals surface area contributed by atoms with Crippen molar-refractivity contribution in [2.75, 3.05) is 25.5 Å². The van der Waals surface area contributed by atoms with Gasteiger partial charge in [-0.15, -0.1) is 0 Å². The molecule has 26 heavy (non-hydrogen) atoms. The molecule has 2 aliphatic heterocycles. The number of nitrogens with one attached hydrogen (secondary N) is 2.